The van der Waals surface area contributed by atoms with E-state index in [1.165, 1.54) is 25.1 Å². The van der Waals surface area contributed by atoms with Crippen molar-refractivity contribution >= 4 is 29.2 Å². The van der Waals surface area contributed by atoms with Crippen molar-refractivity contribution in [1.82, 2.24) is 5.32 Å². The van der Waals surface area contributed by atoms with Crippen molar-refractivity contribution in [1.29, 1.82) is 0 Å². The largest absolute Gasteiger partial charge is 0.497 e. The molecule has 3 N–H and O–H groups in total. The number of anilines is 1. The minimum absolute atomic E-state index is 0.173. The zero-order chi connectivity index (χ0) is 19.1. The second-order valence-electron chi connectivity index (χ2n) is 5.67. The lowest BCUT2D eigenvalue weighted by molar-refractivity contribution is -0.129. The molecule has 0 saturated heterocycles. The lowest BCUT2D eigenvalue weighted by Crippen LogP contribution is -2.37. The Morgan fingerprint density at radius 2 is 1.88 bits per heavy atom. The van der Waals surface area contributed by atoms with Gasteiger partial charge in [-0.2, -0.15) is 0 Å². The molecular weight excluding hydrogens is 356 g/mol. The maximum atomic E-state index is 12.1. The first-order chi connectivity index (χ1) is 12.4. The number of rotatable bonds is 7. The van der Waals surface area contributed by atoms with Crippen LogP contribution >= 0.6 is 11.6 Å². The molecule has 1 atom stereocenters. The van der Waals surface area contributed by atoms with Crippen molar-refractivity contribution in [3.05, 3.63) is 58.6 Å². The maximum absolute atomic E-state index is 12.1. The van der Waals surface area contributed by atoms with E-state index in [2.05, 4.69) is 5.32 Å². The van der Waals surface area contributed by atoms with Gasteiger partial charge in [-0.1, -0.05) is 23.7 Å². The van der Waals surface area contributed by atoms with Gasteiger partial charge in [0, 0.05) is 17.3 Å². The van der Waals surface area contributed by atoms with Gasteiger partial charge in [-0.25, -0.2) is 4.79 Å². The molecule has 0 aliphatic rings. The van der Waals surface area contributed by atoms with Gasteiger partial charge in [0.05, 0.1) is 12.7 Å². The van der Waals surface area contributed by atoms with E-state index in [1.54, 1.807) is 7.11 Å². The number of halogens is 1. The van der Waals surface area contributed by atoms with Crippen LogP contribution < -0.4 is 15.8 Å². The molecule has 0 heterocycles. The van der Waals surface area contributed by atoms with Crippen molar-refractivity contribution < 1.29 is 19.1 Å². The first-order valence-corrected chi connectivity index (χ1v) is 8.45. The summed E-state index contributed by atoms with van der Waals surface area (Å²) in [6, 6.07) is 12.0. The molecule has 0 unspecified atom stereocenters. The fourth-order valence-corrected chi connectivity index (χ4v) is 2.44. The van der Waals surface area contributed by atoms with Gasteiger partial charge >= 0.3 is 5.97 Å². The summed E-state index contributed by atoms with van der Waals surface area (Å²) in [4.78, 5) is 24.2. The number of ether oxygens (including phenoxy) is 2. The zero-order valence-electron chi connectivity index (χ0n) is 14.6. The van der Waals surface area contributed by atoms with Gasteiger partial charge in [-0.3, -0.25) is 4.79 Å². The Bertz CT molecular complexity index is 778. The van der Waals surface area contributed by atoms with Crippen molar-refractivity contribution in [3.8, 4) is 5.75 Å². The lowest BCUT2D eigenvalue weighted by Gasteiger charge is -2.14. The van der Waals surface area contributed by atoms with Gasteiger partial charge in [-0.15, -0.1) is 0 Å². The summed E-state index contributed by atoms with van der Waals surface area (Å²) >= 11 is 5.80. The molecule has 138 valence electrons. The minimum Gasteiger partial charge on any atom is -0.497 e. The molecule has 0 saturated carbocycles. The number of methoxy groups -OCH3 is 1. The highest BCUT2D eigenvalue weighted by Gasteiger charge is 2.20. The number of benzene rings is 2. The molecule has 0 aliphatic carbocycles. The highest BCUT2D eigenvalue weighted by molar-refractivity contribution is 6.31. The molecular formula is C19H21ClN2O4. The van der Waals surface area contributed by atoms with Crippen molar-refractivity contribution in [2.75, 3.05) is 19.4 Å². The van der Waals surface area contributed by atoms with Gasteiger partial charge in [0.2, 0.25) is 0 Å². The lowest BCUT2D eigenvalue weighted by atomic mass is 10.1. The van der Waals surface area contributed by atoms with E-state index in [1.807, 2.05) is 24.3 Å². The zero-order valence-corrected chi connectivity index (χ0v) is 15.4. The molecule has 0 spiro atoms. The minimum atomic E-state index is -0.937. The molecule has 1 amide bonds. The quantitative estimate of drug-likeness (QED) is 0.572. The first kappa shape index (κ1) is 19.6. The van der Waals surface area contributed by atoms with Crippen LogP contribution in [0.1, 0.15) is 22.8 Å². The van der Waals surface area contributed by atoms with Crippen molar-refractivity contribution in [2.24, 2.45) is 0 Å². The van der Waals surface area contributed by atoms with Crippen LogP contribution in [0.25, 0.3) is 0 Å². The number of hydrogen-bond donors (Lipinski definition) is 2. The first-order valence-electron chi connectivity index (χ1n) is 8.07. The van der Waals surface area contributed by atoms with Crippen molar-refractivity contribution in [3.63, 3.8) is 0 Å². The molecule has 0 aliphatic heterocycles. The average Bonchev–Trinajstić information content (AvgIpc) is 2.62. The topological polar surface area (TPSA) is 90.6 Å². The van der Waals surface area contributed by atoms with Gasteiger partial charge in [0.15, 0.2) is 6.10 Å². The van der Waals surface area contributed by atoms with Gasteiger partial charge in [-0.05, 0) is 49.2 Å². The second kappa shape index (κ2) is 9.10. The number of carbonyl (C=O) groups is 2. The molecule has 0 fully saturated rings. The highest BCUT2D eigenvalue weighted by atomic mass is 35.5. The number of amides is 1. The summed E-state index contributed by atoms with van der Waals surface area (Å²) < 4.78 is 10.3. The normalized spacial score (nSPS) is 11.5. The van der Waals surface area contributed by atoms with Crippen molar-refractivity contribution in [2.45, 2.75) is 19.4 Å². The van der Waals surface area contributed by atoms with Crippen LogP contribution in [0.5, 0.6) is 5.75 Å². The van der Waals surface area contributed by atoms with E-state index in [9.17, 15) is 9.59 Å². The molecule has 0 bridgehead atoms. The van der Waals surface area contributed by atoms with Crippen LogP contribution in [0.3, 0.4) is 0 Å². The Balaban J connectivity index is 1.82. The summed E-state index contributed by atoms with van der Waals surface area (Å²) in [7, 11) is 1.61. The number of esters is 1. The Morgan fingerprint density at radius 1 is 1.19 bits per heavy atom. The van der Waals surface area contributed by atoms with Crippen LogP contribution in [0.4, 0.5) is 5.69 Å². The number of carbonyl (C=O) groups excluding carboxylic acids is 2. The molecule has 2 aromatic rings. The third-order valence-corrected chi connectivity index (χ3v) is 3.99. The number of nitrogens with one attached hydrogen (secondary N) is 1. The molecule has 6 nitrogen and oxygen atoms in total. The summed E-state index contributed by atoms with van der Waals surface area (Å²) in [6.45, 7) is 1.93. The standard InChI is InChI=1S/C19H21ClN2O4/c1-12(26-19(24)16-8-5-14(20)11-17(16)21)18(23)22-10-9-13-3-6-15(25-2)7-4-13/h3-8,11-12H,9-10,21H2,1-2H3,(H,22,23)/t12-/m1/s1. The van der Waals surface area contributed by atoms with Gasteiger partial charge in [0.1, 0.15) is 5.75 Å². The second-order valence-corrected chi connectivity index (χ2v) is 6.10. The number of hydrogen-bond acceptors (Lipinski definition) is 5. The predicted molar refractivity (Wildman–Crippen MR) is 100 cm³/mol. The van der Waals surface area contributed by atoms with E-state index in [0.717, 1.165) is 11.3 Å². The predicted octanol–water partition coefficient (Wildman–Crippen LogP) is 2.84. The molecule has 2 rings (SSSR count). The highest BCUT2D eigenvalue weighted by Crippen LogP contribution is 2.19. The van der Waals surface area contributed by atoms with Crippen LogP contribution in [0, 0.1) is 0 Å². The Labute approximate surface area is 157 Å². The van der Waals surface area contributed by atoms with Gasteiger partial charge < -0.3 is 20.5 Å². The van der Waals surface area contributed by atoms with E-state index in [0.29, 0.717) is 18.0 Å². The third kappa shape index (κ3) is 5.39. The smallest absolute Gasteiger partial charge is 0.341 e. The fourth-order valence-electron chi connectivity index (χ4n) is 2.26. The van der Waals surface area contributed by atoms with Crippen LogP contribution in [-0.2, 0) is 16.0 Å². The molecule has 0 radical (unpaired) electrons. The maximum Gasteiger partial charge on any atom is 0.341 e. The van der Waals surface area contributed by atoms with Crippen LogP contribution in [0.15, 0.2) is 42.5 Å². The molecule has 7 heteroatoms. The van der Waals surface area contributed by atoms with E-state index in [4.69, 9.17) is 26.8 Å². The summed E-state index contributed by atoms with van der Waals surface area (Å²) in [5.41, 5.74) is 7.18. The Morgan fingerprint density at radius 3 is 2.50 bits per heavy atom. The third-order valence-electron chi connectivity index (χ3n) is 3.76. The summed E-state index contributed by atoms with van der Waals surface area (Å²) in [5.74, 6) is -0.267. The Hall–Kier alpha value is -2.73. The fraction of sp³-hybridized carbons (Fsp3) is 0.263. The SMILES string of the molecule is COc1ccc(CCNC(=O)[C@@H](C)OC(=O)c2ccc(Cl)cc2N)cc1. The van der Waals surface area contributed by atoms with E-state index < -0.39 is 12.1 Å². The Kier molecular flexibility index (Phi) is 6.86. The van der Waals surface area contributed by atoms with Crippen LogP contribution in [-0.4, -0.2) is 31.6 Å². The number of nitrogens with two attached hydrogens (primary N) is 1. The average molecular weight is 377 g/mol. The van der Waals surface area contributed by atoms with E-state index in [-0.39, 0.29) is 17.2 Å². The number of nitrogen functional groups attached to an aromatic ring is 1. The monoisotopic (exact) mass is 376 g/mol. The summed E-state index contributed by atoms with van der Waals surface area (Å²) in [5, 5.41) is 3.16. The molecule has 26 heavy (non-hydrogen) atoms. The molecule has 2 aromatic carbocycles. The van der Waals surface area contributed by atoms with Gasteiger partial charge in [0.25, 0.3) is 5.91 Å². The van der Waals surface area contributed by atoms with E-state index >= 15 is 0 Å². The summed E-state index contributed by atoms with van der Waals surface area (Å²) in [6.07, 6.45) is -0.283. The molecule has 0 aromatic heterocycles. The van der Waals surface area contributed by atoms with Crippen LogP contribution in [0.2, 0.25) is 5.02 Å².